The summed E-state index contributed by atoms with van der Waals surface area (Å²) in [6, 6.07) is 3.54. The van der Waals surface area contributed by atoms with E-state index in [9.17, 15) is 14.3 Å². The van der Waals surface area contributed by atoms with Gasteiger partial charge in [0.25, 0.3) is 0 Å². The van der Waals surface area contributed by atoms with Gasteiger partial charge in [-0.05, 0) is 42.9 Å². The van der Waals surface area contributed by atoms with Crippen molar-refractivity contribution in [1.29, 1.82) is 0 Å². The van der Waals surface area contributed by atoms with Crippen LogP contribution in [0.25, 0.3) is 11.2 Å². The van der Waals surface area contributed by atoms with Crippen LogP contribution < -0.4 is 0 Å². The minimum atomic E-state index is -0.636. The Morgan fingerprint density at radius 2 is 2.08 bits per heavy atom. The maximum atomic E-state index is 14.5. The summed E-state index contributed by atoms with van der Waals surface area (Å²) in [5.74, 6) is -0.178. The van der Waals surface area contributed by atoms with Crippen LogP contribution in [0, 0.1) is 11.7 Å². The molecule has 2 aliphatic rings. The Kier molecular flexibility index (Phi) is 5.94. The van der Waals surface area contributed by atoms with Crippen LogP contribution in [-0.4, -0.2) is 57.9 Å². The number of fused-ring (bicyclic) bond motifs is 2. The van der Waals surface area contributed by atoms with Crippen LogP contribution >= 0.6 is 11.6 Å². The molecule has 1 saturated carbocycles. The third-order valence-corrected chi connectivity index (χ3v) is 7.83. The van der Waals surface area contributed by atoms with E-state index in [1.54, 1.807) is 21.5 Å². The lowest BCUT2D eigenvalue weighted by Crippen LogP contribution is -2.33. The Bertz CT molecular complexity index is 1720. The zero-order valence-electron chi connectivity index (χ0n) is 20.9. The lowest BCUT2D eigenvalue weighted by Gasteiger charge is -2.31. The Balaban J connectivity index is 1.08. The summed E-state index contributed by atoms with van der Waals surface area (Å²) in [5, 5.41) is 19.2. The summed E-state index contributed by atoms with van der Waals surface area (Å²) in [5.41, 5.74) is 4.42. The van der Waals surface area contributed by atoms with Crippen LogP contribution in [0.15, 0.2) is 43.2 Å². The number of hydrogen-bond acceptors (Lipinski definition) is 7. The molecule has 5 aromatic heterocycles. The number of aromatic nitrogens is 7. The van der Waals surface area contributed by atoms with E-state index in [1.165, 1.54) is 18.0 Å². The van der Waals surface area contributed by atoms with E-state index in [0.717, 1.165) is 24.1 Å². The number of carbonyl (C=O) groups is 1. The van der Waals surface area contributed by atoms with E-state index < -0.39 is 11.9 Å². The van der Waals surface area contributed by atoms with Crippen LogP contribution in [0.1, 0.15) is 64.3 Å². The minimum Gasteiger partial charge on any atom is -0.388 e. The third-order valence-electron chi connectivity index (χ3n) is 7.53. The van der Waals surface area contributed by atoms with Crippen molar-refractivity contribution in [2.75, 3.05) is 13.2 Å². The van der Waals surface area contributed by atoms with Gasteiger partial charge in [-0.15, -0.1) is 5.10 Å². The van der Waals surface area contributed by atoms with Crippen molar-refractivity contribution in [3.63, 3.8) is 0 Å². The van der Waals surface area contributed by atoms with E-state index in [1.807, 2.05) is 10.6 Å². The first-order valence-corrected chi connectivity index (χ1v) is 13.3. The second-order valence-electron chi connectivity index (χ2n) is 10.4. The molecule has 0 bridgehead atoms. The fourth-order valence-electron chi connectivity index (χ4n) is 5.12. The van der Waals surface area contributed by atoms with Crippen molar-refractivity contribution in [3.05, 3.63) is 82.3 Å². The predicted molar refractivity (Wildman–Crippen MR) is 138 cm³/mol. The molecule has 0 amide bonds. The Labute approximate surface area is 227 Å². The molecular formula is C27H25ClFN7O3. The molecule has 1 unspecified atom stereocenters. The minimum absolute atomic E-state index is 0.00733. The first kappa shape index (κ1) is 24.4. The number of Topliss-reactive ketones (excluding diaryl/α,β-unsaturated/α-hetero) is 1. The maximum absolute atomic E-state index is 14.5. The van der Waals surface area contributed by atoms with Gasteiger partial charge < -0.3 is 18.6 Å². The van der Waals surface area contributed by atoms with Crippen LogP contribution in [0.3, 0.4) is 0 Å². The highest BCUT2D eigenvalue weighted by molar-refractivity contribution is 6.31. The van der Waals surface area contributed by atoms with Gasteiger partial charge >= 0.3 is 0 Å². The van der Waals surface area contributed by atoms with Crippen molar-refractivity contribution >= 4 is 28.5 Å². The number of hydrogen-bond donors (Lipinski definition) is 1. The van der Waals surface area contributed by atoms with Crippen molar-refractivity contribution < 1.29 is 19.0 Å². The molecule has 5 aromatic rings. The average molecular weight is 550 g/mol. The van der Waals surface area contributed by atoms with Gasteiger partial charge in [-0.3, -0.25) is 4.79 Å². The molecule has 1 saturated heterocycles. The molecule has 6 heterocycles. The molecular weight excluding hydrogens is 525 g/mol. The molecule has 1 aliphatic carbocycles. The second kappa shape index (κ2) is 9.51. The number of ketones is 1. The van der Waals surface area contributed by atoms with E-state index in [0.29, 0.717) is 37.0 Å². The van der Waals surface area contributed by atoms with Gasteiger partial charge in [-0.25, -0.2) is 19.0 Å². The topological polar surface area (TPSA) is 112 Å². The fraction of sp³-hybridized carbons (Fsp3) is 0.370. The van der Waals surface area contributed by atoms with E-state index in [4.69, 9.17) is 21.3 Å². The molecule has 1 N–H and O–H groups in total. The number of pyridine rings is 2. The number of rotatable bonds is 9. The Morgan fingerprint density at radius 3 is 2.85 bits per heavy atom. The summed E-state index contributed by atoms with van der Waals surface area (Å²) in [7, 11) is 0. The van der Waals surface area contributed by atoms with Crippen molar-refractivity contribution in [3.8, 4) is 0 Å². The van der Waals surface area contributed by atoms with Gasteiger partial charge in [0.05, 0.1) is 54.8 Å². The number of aryl methyl sites for hydroxylation is 1. The largest absolute Gasteiger partial charge is 0.388 e. The Hall–Kier alpha value is -3.67. The molecule has 39 heavy (non-hydrogen) atoms. The monoisotopic (exact) mass is 549 g/mol. The smallest absolute Gasteiger partial charge is 0.185 e. The van der Waals surface area contributed by atoms with Crippen molar-refractivity contribution in [1.82, 2.24) is 33.8 Å². The first-order chi connectivity index (χ1) is 18.9. The SMILES string of the molecule is O=C(CCc1ncn2ccc(Cl)c(F)c12)c1cn(Cc2cn3cc(C4CC4)cc(C(O)C4COC4)c3n2)nn1. The standard InChI is InChI=1S/C27H25ClFN7O3/c28-20-5-6-34-14-30-21(25(34)24(20)29)3-4-23(37)22-11-36(33-32-22)10-18-9-35-8-16(15-1-2-15)7-19(27(35)31-18)26(38)17-12-39-13-17/h5-9,11,14-15,17,26,38H,1-4,10,12-13H2. The lowest BCUT2D eigenvalue weighted by molar-refractivity contribution is -0.0921. The van der Waals surface area contributed by atoms with E-state index >= 15 is 0 Å². The third kappa shape index (κ3) is 4.50. The number of ether oxygens (including phenoxy) is 1. The highest BCUT2D eigenvalue weighted by Gasteiger charge is 2.32. The molecule has 200 valence electrons. The fourth-order valence-corrected chi connectivity index (χ4v) is 5.27. The zero-order valence-corrected chi connectivity index (χ0v) is 21.6. The highest BCUT2D eigenvalue weighted by atomic mass is 35.5. The van der Waals surface area contributed by atoms with Crippen molar-refractivity contribution in [2.45, 2.75) is 44.2 Å². The van der Waals surface area contributed by atoms with E-state index in [2.05, 4.69) is 27.6 Å². The van der Waals surface area contributed by atoms with Gasteiger partial charge in [0, 0.05) is 36.5 Å². The van der Waals surface area contributed by atoms with Crippen LogP contribution in [0.4, 0.5) is 4.39 Å². The lowest BCUT2D eigenvalue weighted by atomic mass is 9.93. The average Bonchev–Trinajstić information content (AvgIpc) is 3.29. The van der Waals surface area contributed by atoms with Crippen LogP contribution in [-0.2, 0) is 17.7 Å². The summed E-state index contributed by atoms with van der Waals surface area (Å²) >= 11 is 5.91. The number of carbonyl (C=O) groups excluding carboxylic acids is 1. The van der Waals surface area contributed by atoms with Gasteiger partial charge in [0.2, 0.25) is 0 Å². The quantitative estimate of drug-likeness (QED) is 0.278. The summed E-state index contributed by atoms with van der Waals surface area (Å²) in [4.78, 5) is 21.9. The number of imidazole rings is 2. The van der Waals surface area contributed by atoms with Crippen molar-refractivity contribution in [2.24, 2.45) is 5.92 Å². The molecule has 12 heteroatoms. The first-order valence-electron chi connectivity index (χ1n) is 12.9. The van der Waals surface area contributed by atoms with Gasteiger partial charge in [-0.1, -0.05) is 16.8 Å². The summed E-state index contributed by atoms with van der Waals surface area (Å²) in [6.45, 7) is 1.41. The van der Waals surface area contributed by atoms with Gasteiger partial charge in [0.1, 0.15) is 16.9 Å². The van der Waals surface area contributed by atoms with Gasteiger partial charge in [-0.2, -0.15) is 0 Å². The zero-order chi connectivity index (χ0) is 26.7. The van der Waals surface area contributed by atoms with Crippen LogP contribution in [0.2, 0.25) is 5.02 Å². The highest BCUT2D eigenvalue weighted by Crippen LogP contribution is 2.42. The number of aliphatic hydroxyl groups is 1. The van der Waals surface area contributed by atoms with E-state index in [-0.39, 0.29) is 40.8 Å². The molecule has 0 radical (unpaired) electrons. The summed E-state index contributed by atoms with van der Waals surface area (Å²) in [6.07, 6.45) is 10.8. The molecule has 7 rings (SSSR count). The van der Waals surface area contributed by atoms with Crippen LogP contribution in [0.5, 0.6) is 0 Å². The summed E-state index contributed by atoms with van der Waals surface area (Å²) < 4.78 is 24.9. The molecule has 10 nitrogen and oxygen atoms in total. The predicted octanol–water partition coefficient (Wildman–Crippen LogP) is 3.79. The maximum Gasteiger partial charge on any atom is 0.185 e. The molecule has 0 aromatic carbocycles. The number of aliphatic hydroxyl groups excluding tert-OH is 1. The second-order valence-corrected chi connectivity index (χ2v) is 10.8. The van der Waals surface area contributed by atoms with Gasteiger partial charge in [0.15, 0.2) is 11.6 Å². The molecule has 0 spiro atoms. The molecule has 2 fully saturated rings. The molecule has 1 atom stereocenters. The normalized spacial score (nSPS) is 16.7. The molecule has 1 aliphatic heterocycles. The number of nitrogens with zero attached hydrogens (tertiary/aromatic N) is 7. The Morgan fingerprint density at radius 1 is 1.23 bits per heavy atom. The number of halogens is 2.